The van der Waals surface area contributed by atoms with Gasteiger partial charge >= 0.3 is 0 Å². The Morgan fingerprint density at radius 2 is 2.20 bits per heavy atom. The fourth-order valence-corrected chi connectivity index (χ4v) is 2.25. The third-order valence-corrected chi connectivity index (χ3v) is 3.32. The first kappa shape index (κ1) is 9.30. The minimum atomic E-state index is 0.341. The maximum atomic E-state index is 5.75. The molecule has 0 bridgehead atoms. The van der Waals surface area contributed by atoms with Crippen molar-refractivity contribution in [1.82, 2.24) is 14.6 Å². The van der Waals surface area contributed by atoms with Crippen molar-refractivity contribution in [1.29, 1.82) is 0 Å². The largest absolute Gasteiger partial charge is 0.328 e. The second-order valence-electron chi connectivity index (χ2n) is 4.05. The zero-order valence-electron chi connectivity index (χ0n) is 8.10. The van der Waals surface area contributed by atoms with Crippen molar-refractivity contribution in [3.63, 3.8) is 0 Å². The van der Waals surface area contributed by atoms with E-state index in [1.54, 1.807) is 0 Å². The summed E-state index contributed by atoms with van der Waals surface area (Å²) in [4.78, 5) is 4.49. The topological polar surface area (TPSA) is 56.2 Å². The number of rotatable bonds is 1. The van der Waals surface area contributed by atoms with Crippen molar-refractivity contribution in [2.45, 2.75) is 24.8 Å². The van der Waals surface area contributed by atoms with Crippen molar-refractivity contribution in [2.24, 2.45) is 5.73 Å². The zero-order valence-corrected chi connectivity index (χ0v) is 9.68. The van der Waals surface area contributed by atoms with E-state index in [0.29, 0.717) is 12.0 Å². The second-order valence-corrected chi connectivity index (χ2v) is 4.96. The van der Waals surface area contributed by atoms with Crippen LogP contribution in [0.2, 0.25) is 0 Å². The van der Waals surface area contributed by atoms with Crippen molar-refractivity contribution in [3.05, 3.63) is 28.6 Å². The van der Waals surface area contributed by atoms with Crippen LogP contribution < -0.4 is 5.73 Å². The van der Waals surface area contributed by atoms with Gasteiger partial charge in [0.2, 0.25) is 0 Å². The van der Waals surface area contributed by atoms with Crippen LogP contribution >= 0.6 is 15.9 Å². The number of hydrogen-bond acceptors (Lipinski definition) is 3. The molecule has 0 aromatic carbocycles. The molecule has 0 unspecified atom stereocenters. The number of hydrogen-bond donors (Lipinski definition) is 1. The van der Waals surface area contributed by atoms with Crippen LogP contribution in [0.1, 0.15) is 24.6 Å². The van der Waals surface area contributed by atoms with Gasteiger partial charge in [0.25, 0.3) is 0 Å². The van der Waals surface area contributed by atoms with Crippen LogP contribution in [0.25, 0.3) is 5.65 Å². The van der Waals surface area contributed by atoms with Gasteiger partial charge in [-0.1, -0.05) is 0 Å². The Balaban J connectivity index is 1.99. The predicted octanol–water partition coefficient (Wildman–Crippen LogP) is 1.70. The molecule has 0 amide bonds. The molecule has 0 spiro atoms. The van der Waals surface area contributed by atoms with Gasteiger partial charge in [0.1, 0.15) is 0 Å². The third kappa shape index (κ3) is 1.55. The molecule has 0 saturated heterocycles. The molecule has 1 aliphatic rings. The minimum Gasteiger partial charge on any atom is -0.328 e. The highest BCUT2D eigenvalue weighted by atomic mass is 79.9. The summed E-state index contributed by atoms with van der Waals surface area (Å²) in [7, 11) is 0. The average Bonchev–Trinajstić information content (AvgIpc) is 2.55. The number of aromatic nitrogens is 3. The van der Waals surface area contributed by atoms with Gasteiger partial charge in [-0.15, -0.1) is 0 Å². The summed E-state index contributed by atoms with van der Waals surface area (Å²) in [6, 6.07) is 4.27. The van der Waals surface area contributed by atoms with Crippen LogP contribution in [0.15, 0.2) is 22.8 Å². The molecular weight excluding hydrogens is 256 g/mol. The SMILES string of the molecule is NC1CC(c2nc3ccc(Br)cn3n2)C1. The summed E-state index contributed by atoms with van der Waals surface area (Å²) in [6.45, 7) is 0. The van der Waals surface area contributed by atoms with Crippen molar-refractivity contribution in [3.8, 4) is 0 Å². The molecule has 0 atom stereocenters. The Bertz CT molecular complexity index is 501. The number of nitrogens with two attached hydrogens (primary N) is 1. The van der Waals surface area contributed by atoms with E-state index < -0.39 is 0 Å². The average molecular weight is 267 g/mol. The fourth-order valence-electron chi connectivity index (χ4n) is 1.92. The first-order chi connectivity index (χ1) is 7.22. The number of fused-ring (bicyclic) bond motifs is 1. The number of halogens is 1. The van der Waals surface area contributed by atoms with Gasteiger partial charge in [-0.3, -0.25) is 0 Å². The zero-order chi connectivity index (χ0) is 10.4. The molecule has 1 saturated carbocycles. The summed E-state index contributed by atoms with van der Waals surface area (Å²) in [5.41, 5.74) is 6.65. The summed E-state index contributed by atoms with van der Waals surface area (Å²) < 4.78 is 2.82. The smallest absolute Gasteiger partial charge is 0.155 e. The third-order valence-electron chi connectivity index (χ3n) is 2.85. The molecule has 1 fully saturated rings. The van der Waals surface area contributed by atoms with Gasteiger partial charge in [-0.05, 0) is 40.9 Å². The first-order valence-corrected chi connectivity index (χ1v) is 5.79. The first-order valence-electron chi connectivity index (χ1n) is 5.00. The van der Waals surface area contributed by atoms with E-state index in [9.17, 15) is 0 Å². The lowest BCUT2D eigenvalue weighted by atomic mass is 9.80. The van der Waals surface area contributed by atoms with Gasteiger partial charge in [0, 0.05) is 22.6 Å². The fraction of sp³-hybridized carbons (Fsp3) is 0.400. The van der Waals surface area contributed by atoms with E-state index >= 15 is 0 Å². The summed E-state index contributed by atoms with van der Waals surface area (Å²) in [5, 5.41) is 4.45. The lowest BCUT2D eigenvalue weighted by Gasteiger charge is -2.29. The van der Waals surface area contributed by atoms with Crippen LogP contribution in [-0.2, 0) is 0 Å². The van der Waals surface area contributed by atoms with Crippen molar-refractivity contribution < 1.29 is 0 Å². The lowest BCUT2D eigenvalue weighted by Crippen LogP contribution is -2.35. The molecule has 78 valence electrons. The molecule has 2 heterocycles. The lowest BCUT2D eigenvalue weighted by molar-refractivity contribution is 0.338. The monoisotopic (exact) mass is 266 g/mol. The van der Waals surface area contributed by atoms with Crippen LogP contribution in [0, 0.1) is 0 Å². The molecule has 15 heavy (non-hydrogen) atoms. The Labute approximate surface area is 95.6 Å². The molecule has 0 aliphatic heterocycles. The van der Waals surface area contributed by atoms with Crippen LogP contribution in [0.4, 0.5) is 0 Å². The van der Waals surface area contributed by atoms with Gasteiger partial charge < -0.3 is 5.73 Å². The minimum absolute atomic E-state index is 0.341. The van der Waals surface area contributed by atoms with Gasteiger partial charge in [0.05, 0.1) is 0 Å². The van der Waals surface area contributed by atoms with E-state index in [0.717, 1.165) is 28.8 Å². The summed E-state index contributed by atoms with van der Waals surface area (Å²) >= 11 is 3.41. The number of nitrogens with zero attached hydrogens (tertiary/aromatic N) is 3. The van der Waals surface area contributed by atoms with E-state index in [1.807, 2.05) is 22.8 Å². The van der Waals surface area contributed by atoms with E-state index in [-0.39, 0.29) is 0 Å². The maximum Gasteiger partial charge on any atom is 0.155 e. The van der Waals surface area contributed by atoms with Gasteiger partial charge in [-0.25, -0.2) is 9.50 Å². The molecule has 1 aliphatic carbocycles. The van der Waals surface area contributed by atoms with Crippen molar-refractivity contribution >= 4 is 21.6 Å². The number of pyridine rings is 1. The van der Waals surface area contributed by atoms with E-state index in [4.69, 9.17) is 5.73 Å². The molecule has 4 nitrogen and oxygen atoms in total. The molecule has 0 radical (unpaired) electrons. The molecular formula is C10H11BrN4. The van der Waals surface area contributed by atoms with Gasteiger partial charge in [-0.2, -0.15) is 5.10 Å². The molecule has 2 aromatic heterocycles. The maximum absolute atomic E-state index is 5.75. The Morgan fingerprint density at radius 3 is 2.93 bits per heavy atom. The molecule has 2 aromatic rings. The van der Waals surface area contributed by atoms with Crippen LogP contribution in [0.3, 0.4) is 0 Å². The molecule has 2 N–H and O–H groups in total. The molecule has 5 heteroatoms. The van der Waals surface area contributed by atoms with Crippen molar-refractivity contribution in [2.75, 3.05) is 0 Å². The summed E-state index contributed by atoms with van der Waals surface area (Å²) in [6.07, 6.45) is 3.94. The van der Waals surface area contributed by atoms with Crippen LogP contribution in [-0.4, -0.2) is 20.6 Å². The Kier molecular flexibility index (Phi) is 2.03. The Morgan fingerprint density at radius 1 is 1.40 bits per heavy atom. The van der Waals surface area contributed by atoms with E-state index in [1.165, 1.54) is 0 Å². The van der Waals surface area contributed by atoms with Gasteiger partial charge in [0.15, 0.2) is 11.5 Å². The predicted molar refractivity (Wildman–Crippen MR) is 60.6 cm³/mol. The normalized spacial score (nSPS) is 25.5. The van der Waals surface area contributed by atoms with Crippen LogP contribution in [0.5, 0.6) is 0 Å². The second kappa shape index (κ2) is 3.28. The highest BCUT2D eigenvalue weighted by molar-refractivity contribution is 9.10. The van der Waals surface area contributed by atoms with E-state index in [2.05, 4.69) is 26.0 Å². The highest BCUT2D eigenvalue weighted by Crippen LogP contribution is 2.33. The Hall–Kier alpha value is -0.940. The quantitative estimate of drug-likeness (QED) is 0.855. The molecule has 3 rings (SSSR count). The summed E-state index contributed by atoms with van der Waals surface area (Å²) in [5.74, 6) is 1.38. The standard InChI is InChI=1S/C10H11BrN4/c11-7-1-2-9-13-10(14-15(9)5-7)6-3-8(12)4-6/h1-2,5-6,8H,3-4,12H2. The highest BCUT2D eigenvalue weighted by Gasteiger charge is 2.30.